The number of anilines is 1. The molecule has 0 saturated carbocycles. The van der Waals surface area contributed by atoms with Crippen molar-refractivity contribution in [3.63, 3.8) is 0 Å². The average molecular weight is 249 g/mol. The molecule has 0 fully saturated rings. The molecule has 3 N–H and O–H groups in total. The zero-order valence-electron chi connectivity index (χ0n) is 11.4. The van der Waals surface area contributed by atoms with E-state index >= 15 is 0 Å². The lowest BCUT2D eigenvalue weighted by atomic mass is 10.2. The molecule has 0 radical (unpaired) electrons. The van der Waals surface area contributed by atoms with Crippen LogP contribution in [0.25, 0.3) is 0 Å². The monoisotopic (exact) mass is 249 g/mol. The Morgan fingerprint density at radius 2 is 2.17 bits per heavy atom. The van der Waals surface area contributed by atoms with Gasteiger partial charge in [-0.1, -0.05) is 26.0 Å². The maximum atomic E-state index is 11.8. The van der Waals surface area contributed by atoms with Crippen molar-refractivity contribution >= 4 is 11.6 Å². The van der Waals surface area contributed by atoms with Gasteiger partial charge in [0.1, 0.15) is 0 Å². The Balaban J connectivity index is 2.48. The number of likely N-dealkylation sites (N-methyl/N-ethyl adjacent to an activating group) is 1. The number of carbonyl (C=O) groups is 1. The SMILES string of the molecule is CC(C)CN(C)CC(=O)Nc1cccc(CN)c1. The highest BCUT2D eigenvalue weighted by Crippen LogP contribution is 2.10. The van der Waals surface area contributed by atoms with Gasteiger partial charge in [0.2, 0.25) is 5.91 Å². The van der Waals surface area contributed by atoms with Gasteiger partial charge in [-0.05, 0) is 30.7 Å². The fourth-order valence-corrected chi connectivity index (χ4v) is 1.91. The molecule has 1 aromatic rings. The molecule has 0 spiro atoms. The van der Waals surface area contributed by atoms with Gasteiger partial charge in [0.05, 0.1) is 6.54 Å². The van der Waals surface area contributed by atoms with E-state index in [2.05, 4.69) is 19.2 Å². The minimum Gasteiger partial charge on any atom is -0.326 e. The van der Waals surface area contributed by atoms with Crippen molar-refractivity contribution in [2.75, 3.05) is 25.5 Å². The second kappa shape index (κ2) is 7.13. The van der Waals surface area contributed by atoms with E-state index in [1.807, 2.05) is 36.2 Å². The Bertz CT molecular complexity index is 390. The molecule has 0 aliphatic carbocycles. The van der Waals surface area contributed by atoms with Crippen LogP contribution in [0.3, 0.4) is 0 Å². The van der Waals surface area contributed by atoms with Crippen molar-refractivity contribution in [3.8, 4) is 0 Å². The smallest absolute Gasteiger partial charge is 0.238 e. The number of amides is 1. The third-order valence-corrected chi connectivity index (χ3v) is 2.54. The first kappa shape index (κ1) is 14.7. The van der Waals surface area contributed by atoms with Crippen LogP contribution in [-0.4, -0.2) is 30.9 Å². The van der Waals surface area contributed by atoms with Crippen LogP contribution < -0.4 is 11.1 Å². The van der Waals surface area contributed by atoms with Gasteiger partial charge in [-0.15, -0.1) is 0 Å². The third kappa shape index (κ3) is 5.29. The largest absolute Gasteiger partial charge is 0.326 e. The Hall–Kier alpha value is -1.39. The molecular weight excluding hydrogens is 226 g/mol. The molecule has 1 rings (SSSR count). The fraction of sp³-hybridized carbons (Fsp3) is 0.500. The first-order valence-corrected chi connectivity index (χ1v) is 6.28. The van der Waals surface area contributed by atoms with Crippen LogP contribution in [0.2, 0.25) is 0 Å². The summed E-state index contributed by atoms with van der Waals surface area (Å²) in [4.78, 5) is 13.8. The van der Waals surface area contributed by atoms with Gasteiger partial charge in [0.15, 0.2) is 0 Å². The number of rotatable bonds is 6. The third-order valence-electron chi connectivity index (χ3n) is 2.54. The van der Waals surface area contributed by atoms with Crippen molar-refractivity contribution < 1.29 is 4.79 Å². The first-order valence-electron chi connectivity index (χ1n) is 6.28. The first-order chi connectivity index (χ1) is 8.51. The number of benzene rings is 1. The molecule has 1 aromatic carbocycles. The van der Waals surface area contributed by atoms with Crippen LogP contribution in [0.15, 0.2) is 24.3 Å². The molecule has 0 bridgehead atoms. The lowest BCUT2D eigenvalue weighted by molar-refractivity contribution is -0.117. The van der Waals surface area contributed by atoms with Gasteiger partial charge in [0.25, 0.3) is 0 Å². The van der Waals surface area contributed by atoms with Crippen molar-refractivity contribution in [3.05, 3.63) is 29.8 Å². The van der Waals surface area contributed by atoms with Crippen molar-refractivity contribution in [1.29, 1.82) is 0 Å². The summed E-state index contributed by atoms with van der Waals surface area (Å²) in [7, 11) is 1.95. The predicted molar refractivity (Wildman–Crippen MR) is 75.3 cm³/mol. The Labute approximate surface area is 109 Å². The van der Waals surface area contributed by atoms with Crippen LogP contribution in [-0.2, 0) is 11.3 Å². The van der Waals surface area contributed by atoms with E-state index in [0.717, 1.165) is 17.8 Å². The number of nitrogens with zero attached hydrogens (tertiary/aromatic N) is 1. The number of nitrogens with two attached hydrogens (primary N) is 1. The minimum atomic E-state index is 0.00678. The van der Waals surface area contributed by atoms with E-state index in [0.29, 0.717) is 19.0 Å². The summed E-state index contributed by atoms with van der Waals surface area (Å²) < 4.78 is 0. The summed E-state index contributed by atoms with van der Waals surface area (Å²) in [6, 6.07) is 7.62. The van der Waals surface area contributed by atoms with E-state index < -0.39 is 0 Å². The van der Waals surface area contributed by atoms with Crippen LogP contribution in [0.1, 0.15) is 19.4 Å². The van der Waals surface area contributed by atoms with Crippen molar-refractivity contribution in [2.24, 2.45) is 11.7 Å². The molecule has 0 unspecified atom stereocenters. The maximum absolute atomic E-state index is 11.8. The van der Waals surface area contributed by atoms with E-state index in [1.54, 1.807) is 0 Å². The lowest BCUT2D eigenvalue weighted by Crippen LogP contribution is -2.32. The molecular formula is C14H23N3O. The summed E-state index contributed by atoms with van der Waals surface area (Å²) in [5.74, 6) is 0.565. The molecule has 0 atom stereocenters. The zero-order valence-corrected chi connectivity index (χ0v) is 11.4. The Morgan fingerprint density at radius 3 is 2.78 bits per heavy atom. The van der Waals surface area contributed by atoms with E-state index in [9.17, 15) is 4.79 Å². The molecule has 4 nitrogen and oxygen atoms in total. The van der Waals surface area contributed by atoms with E-state index in [-0.39, 0.29) is 5.91 Å². The van der Waals surface area contributed by atoms with Gasteiger partial charge in [-0.3, -0.25) is 9.69 Å². The summed E-state index contributed by atoms with van der Waals surface area (Å²) in [5, 5.41) is 2.88. The molecule has 0 aliphatic heterocycles. The summed E-state index contributed by atoms with van der Waals surface area (Å²) >= 11 is 0. The standard InChI is InChI=1S/C14H23N3O/c1-11(2)9-17(3)10-14(18)16-13-6-4-5-12(7-13)8-15/h4-7,11H,8-10,15H2,1-3H3,(H,16,18). The maximum Gasteiger partial charge on any atom is 0.238 e. The van der Waals surface area contributed by atoms with E-state index in [4.69, 9.17) is 5.73 Å². The summed E-state index contributed by atoms with van der Waals surface area (Å²) in [5.41, 5.74) is 7.39. The van der Waals surface area contributed by atoms with E-state index in [1.165, 1.54) is 0 Å². The highest BCUT2D eigenvalue weighted by atomic mass is 16.2. The molecule has 0 aromatic heterocycles. The topological polar surface area (TPSA) is 58.4 Å². The molecule has 0 aliphatic rings. The highest BCUT2D eigenvalue weighted by Gasteiger charge is 2.08. The summed E-state index contributed by atoms with van der Waals surface area (Å²) in [6.45, 7) is 6.08. The molecule has 100 valence electrons. The fourth-order valence-electron chi connectivity index (χ4n) is 1.91. The number of hydrogen-bond acceptors (Lipinski definition) is 3. The Kier molecular flexibility index (Phi) is 5.82. The van der Waals surface area contributed by atoms with Gasteiger partial charge in [-0.2, -0.15) is 0 Å². The second-order valence-corrected chi connectivity index (χ2v) is 5.04. The van der Waals surface area contributed by atoms with Gasteiger partial charge in [0, 0.05) is 18.8 Å². The molecule has 0 heterocycles. The van der Waals surface area contributed by atoms with Crippen LogP contribution in [0.5, 0.6) is 0 Å². The van der Waals surface area contributed by atoms with Crippen LogP contribution in [0.4, 0.5) is 5.69 Å². The van der Waals surface area contributed by atoms with Crippen LogP contribution in [0, 0.1) is 5.92 Å². The molecule has 1 amide bonds. The number of nitrogens with one attached hydrogen (secondary N) is 1. The number of carbonyl (C=O) groups excluding carboxylic acids is 1. The predicted octanol–water partition coefficient (Wildman–Crippen LogP) is 1.67. The molecule has 0 saturated heterocycles. The van der Waals surface area contributed by atoms with Gasteiger partial charge in [-0.25, -0.2) is 0 Å². The average Bonchev–Trinajstić information content (AvgIpc) is 2.27. The van der Waals surface area contributed by atoms with Crippen LogP contribution >= 0.6 is 0 Å². The highest BCUT2D eigenvalue weighted by molar-refractivity contribution is 5.92. The number of hydrogen-bond donors (Lipinski definition) is 2. The minimum absolute atomic E-state index is 0.00678. The molecule has 18 heavy (non-hydrogen) atoms. The van der Waals surface area contributed by atoms with Gasteiger partial charge >= 0.3 is 0 Å². The normalized spacial score (nSPS) is 11.0. The Morgan fingerprint density at radius 1 is 1.44 bits per heavy atom. The zero-order chi connectivity index (χ0) is 13.5. The van der Waals surface area contributed by atoms with Gasteiger partial charge < -0.3 is 11.1 Å². The molecule has 4 heteroatoms. The quantitative estimate of drug-likeness (QED) is 0.806. The van der Waals surface area contributed by atoms with Crippen molar-refractivity contribution in [2.45, 2.75) is 20.4 Å². The lowest BCUT2D eigenvalue weighted by Gasteiger charge is -2.18. The van der Waals surface area contributed by atoms with Crippen molar-refractivity contribution in [1.82, 2.24) is 4.90 Å². The summed E-state index contributed by atoms with van der Waals surface area (Å²) in [6.07, 6.45) is 0. The second-order valence-electron chi connectivity index (χ2n) is 5.04.